The van der Waals surface area contributed by atoms with Gasteiger partial charge in [-0.1, -0.05) is 115 Å². The van der Waals surface area contributed by atoms with E-state index < -0.39 is 58.0 Å². The van der Waals surface area contributed by atoms with Crippen molar-refractivity contribution in [3.63, 3.8) is 0 Å². The van der Waals surface area contributed by atoms with E-state index in [0.717, 1.165) is 38.5 Å². The number of aryl methyl sites for hydroxylation is 2. The van der Waals surface area contributed by atoms with Gasteiger partial charge in [-0.2, -0.15) is 0 Å². The Hall–Kier alpha value is -4.04. The number of carbonyl (C=O) groups is 4. The molecule has 0 unspecified atom stereocenters. The van der Waals surface area contributed by atoms with E-state index >= 15 is 0 Å². The molecule has 0 bridgehead atoms. The number of rotatable bonds is 28. The smallest absolute Gasteiger partial charge is 0.323 e. The molecule has 0 heterocycles. The highest BCUT2D eigenvalue weighted by Gasteiger charge is 2.50. The third kappa shape index (κ3) is 16.7. The number of nitrogens with one attached hydrogen (secondary N) is 2. The van der Waals surface area contributed by atoms with Crippen LogP contribution in [0, 0.1) is 34.1 Å². The molecule has 0 aromatic heterocycles. The third-order valence-corrected chi connectivity index (χ3v) is 13.6. The van der Waals surface area contributed by atoms with Gasteiger partial charge in [-0.3, -0.25) is 19.2 Å². The fourth-order valence-corrected chi connectivity index (χ4v) is 9.11. The van der Waals surface area contributed by atoms with E-state index in [4.69, 9.17) is 4.74 Å². The number of unbranched alkanes of at least 4 members (excludes halogenated alkanes) is 12. The van der Waals surface area contributed by atoms with Crippen molar-refractivity contribution in [2.75, 3.05) is 13.2 Å². The molecule has 0 aliphatic heterocycles. The number of carboxylic acid groups (broad SMARTS) is 3. The molecule has 2 fully saturated rings. The summed E-state index contributed by atoms with van der Waals surface area (Å²) in [7, 11) is 0. The van der Waals surface area contributed by atoms with E-state index in [9.17, 15) is 52.1 Å². The zero-order valence-corrected chi connectivity index (χ0v) is 39.2. The molecule has 0 amide bonds. The van der Waals surface area contributed by atoms with Crippen molar-refractivity contribution < 1.29 is 56.8 Å². The predicted molar refractivity (Wildman–Crippen MR) is 244 cm³/mol. The van der Waals surface area contributed by atoms with Gasteiger partial charge in [0.15, 0.2) is 34.1 Å². The number of aliphatic carboxylic acids is 3. The first-order chi connectivity index (χ1) is 31.2. The van der Waals surface area contributed by atoms with Crippen molar-refractivity contribution in [1.29, 1.82) is 0 Å². The molecule has 2 aliphatic rings. The predicted octanol–water partition coefficient (Wildman–Crippen LogP) is 11.4. The van der Waals surface area contributed by atoms with Gasteiger partial charge in [0.05, 0.1) is 6.61 Å². The Bertz CT molecular complexity index is 1780. The van der Waals surface area contributed by atoms with Crippen LogP contribution in [0.2, 0.25) is 0 Å². The fourth-order valence-electron chi connectivity index (χ4n) is 9.11. The van der Waals surface area contributed by atoms with Gasteiger partial charge in [-0.15, -0.1) is 0 Å². The quantitative estimate of drug-likeness (QED) is 0.0240. The van der Waals surface area contributed by atoms with Crippen LogP contribution in [0.1, 0.15) is 184 Å². The standard InChI is InChI=1S/C27H41F2NO4.C24H35F2NO4/c1-3-5-6-7-8-9-10-11-20-12-13-21(24(29)23(20)28)16-19-30-22-14-17-27(18-15-22,25(31)32)26(33)34-4-2;1-2-3-4-5-6-7-8-9-17-10-11-18(21(26)20(17)25)16-27-19-12-14-24(15-13-19,22(28)29)23(30)31/h12-13,22,30H,3-11,14-19H2,1-2H3,(H,31,32);10-11,19,27H,2-9,12-16H2,1H3,(H,28,29)(H,30,31). The molecule has 5 N–H and O–H groups in total. The van der Waals surface area contributed by atoms with E-state index in [1.165, 1.54) is 51.4 Å². The first-order valence-corrected chi connectivity index (χ1v) is 24.4. The van der Waals surface area contributed by atoms with Gasteiger partial charge >= 0.3 is 23.9 Å². The van der Waals surface area contributed by atoms with Gasteiger partial charge in [0.1, 0.15) is 0 Å². The largest absolute Gasteiger partial charge is 0.480 e. The Kier molecular flexibility index (Phi) is 24.6. The number of carbonyl (C=O) groups excluding carboxylic acids is 1. The van der Waals surface area contributed by atoms with Crippen LogP contribution in [0.5, 0.6) is 0 Å². The highest BCUT2D eigenvalue weighted by atomic mass is 19.2. The second kappa shape index (κ2) is 28.9. The van der Waals surface area contributed by atoms with Crippen LogP contribution in [0.25, 0.3) is 0 Å². The Morgan fingerprint density at radius 2 is 0.877 bits per heavy atom. The van der Waals surface area contributed by atoms with E-state index in [-0.39, 0.29) is 56.5 Å². The number of hydrogen-bond donors (Lipinski definition) is 5. The van der Waals surface area contributed by atoms with Crippen LogP contribution < -0.4 is 10.6 Å². The normalized spacial score (nSPS) is 18.4. The van der Waals surface area contributed by atoms with Gasteiger partial charge in [-0.25, -0.2) is 17.6 Å². The summed E-state index contributed by atoms with van der Waals surface area (Å²) in [6.45, 7) is 6.75. The van der Waals surface area contributed by atoms with Crippen LogP contribution in [-0.2, 0) is 49.7 Å². The van der Waals surface area contributed by atoms with Crippen molar-refractivity contribution in [3.8, 4) is 0 Å². The first kappa shape index (κ1) is 55.3. The van der Waals surface area contributed by atoms with Gasteiger partial charge in [-0.05, 0) is 114 Å². The molecule has 2 aromatic rings. The molecule has 0 atom stereocenters. The van der Waals surface area contributed by atoms with Crippen LogP contribution in [0.15, 0.2) is 24.3 Å². The number of carboxylic acids is 3. The van der Waals surface area contributed by atoms with Crippen LogP contribution in [0.3, 0.4) is 0 Å². The highest BCUT2D eigenvalue weighted by molar-refractivity contribution is 5.99. The topological polar surface area (TPSA) is 162 Å². The monoisotopic (exact) mass is 921 g/mol. The summed E-state index contributed by atoms with van der Waals surface area (Å²) in [6.07, 6.45) is 19.5. The average molecular weight is 921 g/mol. The van der Waals surface area contributed by atoms with Crippen molar-refractivity contribution in [1.82, 2.24) is 10.6 Å². The van der Waals surface area contributed by atoms with Crippen LogP contribution >= 0.6 is 0 Å². The molecule has 65 heavy (non-hydrogen) atoms. The fraction of sp³-hybridized carbons (Fsp3) is 0.686. The van der Waals surface area contributed by atoms with E-state index in [2.05, 4.69) is 24.5 Å². The zero-order chi connectivity index (χ0) is 47.8. The lowest BCUT2D eigenvalue weighted by molar-refractivity contribution is -0.172. The second-order valence-electron chi connectivity index (χ2n) is 18.2. The maximum Gasteiger partial charge on any atom is 0.323 e. The molecule has 366 valence electrons. The first-order valence-electron chi connectivity index (χ1n) is 24.4. The summed E-state index contributed by atoms with van der Waals surface area (Å²) in [4.78, 5) is 46.7. The molecule has 0 spiro atoms. The Labute approximate surface area is 384 Å². The number of halogens is 4. The molecular weight excluding hydrogens is 845 g/mol. The van der Waals surface area contributed by atoms with Crippen LogP contribution in [0.4, 0.5) is 17.6 Å². The van der Waals surface area contributed by atoms with Crippen molar-refractivity contribution >= 4 is 23.9 Å². The minimum absolute atomic E-state index is 0.0174. The molecule has 2 aliphatic carbocycles. The molecule has 2 aromatic carbocycles. The Balaban J connectivity index is 0.000000347. The maximum absolute atomic E-state index is 14.6. The number of benzene rings is 2. The SMILES string of the molecule is CCCCCCCCCc1ccc(CCNC2CCC(C(=O)O)(C(=O)OCC)CC2)c(F)c1F.CCCCCCCCCc1ccc(CNC2CCC(C(=O)O)(C(=O)O)CC2)c(F)c1F. The number of ether oxygens (including phenoxy) is 1. The molecule has 14 heteroatoms. The lowest BCUT2D eigenvalue weighted by atomic mass is 9.72. The lowest BCUT2D eigenvalue weighted by Crippen LogP contribution is -2.47. The zero-order valence-electron chi connectivity index (χ0n) is 39.2. The lowest BCUT2D eigenvalue weighted by Gasteiger charge is -2.35. The van der Waals surface area contributed by atoms with Gasteiger partial charge < -0.3 is 30.7 Å². The molecular formula is C51H76F4N2O8. The minimum atomic E-state index is -1.74. The Morgan fingerprint density at radius 3 is 1.29 bits per heavy atom. The van der Waals surface area contributed by atoms with Gasteiger partial charge in [0.25, 0.3) is 0 Å². The molecule has 2 saturated carbocycles. The third-order valence-electron chi connectivity index (χ3n) is 13.6. The molecule has 10 nitrogen and oxygen atoms in total. The van der Waals surface area contributed by atoms with Crippen molar-refractivity contribution in [2.24, 2.45) is 10.8 Å². The van der Waals surface area contributed by atoms with Crippen LogP contribution in [-0.4, -0.2) is 64.4 Å². The summed E-state index contributed by atoms with van der Waals surface area (Å²) in [5.74, 6) is -7.57. The van der Waals surface area contributed by atoms with Gasteiger partial charge in [0, 0.05) is 24.2 Å². The van der Waals surface area contributed by atoms with E-state index in [1.807, 2.05) is 0 Å². The Morgan fingerprint density at radius 1 is 0.523 bits per heavy atom. The maximum atomic E-state index is 14.6. The minimum Gasteiger partial charge on any atom is -0.480 e. The highest BCUT2D eigenvalue weighted by Crippen LogP contribution is 2.39. The van der Waals surface area contributed by atoms with Crippen molar-refractivity contribution in [3.05, 3.63) is 69.8 Å². The number of hydrogen-bond acceptors (Lipinski definition) is 7. The summed E-state index contributed by atoms with van der Waals surface area (Å²) < 4.78 is 63.0. The summed E-state index contributed by atoms with van der Waals surface area (Å²) in [5.41, 5.74) is -1.80. The van der Waals surface area contributed by atoms with E-state index in [0.29, 0.717) is 68.2 Å². The summed E-state index contributed by atoms with van der Waals surface area (Å²) >= 11 is 0. The van der Waals surface area contributed by atoms with Gasteiger partial charge in [0.2, 0.25) is 0 Å². The molecule has 0 radical (unpaired) electrons. The van der Waals surface area contributed by atoms with Crippen molar-refractivity contribution in [2.45, 2.75) is 200 Å². The molecule has 4 rings (SSSR count). The molecule has 0 saturated heterocycles. The average Bonchev–Trinajstić information content (AvgIpc) is 3.29. The number of esters is 1. The summed E-state index contributed by atoms with van der Waals surface area (Å²) in [6, 6.07) is 6.53. The second-order valence-corrected chi connectivity index (χ2v) is 18.2. The summed E-state index contributed by atoms with van der Waals surface area (Å²) in [5, 5.41) is 34.6. The van der Waals surface area contributed by atoms with E-state index in [1.54, 1.807) is 31.2 Å².